The fraction of sp³-hybridized carbons (Fsp3) is 0.211. The van der Waals surface area contributed by atoms with Gasteiger partial charge in [-0.2, -0.15) is 5.10 Å². The van der Waals surface area contributed by atoms with Crippen molar-refractivity contribution in [1.82, 2.24) is 20.1 Å². The molecule has 6 heteroatoms. The van der Waals surface area contributed by atoms with Gasteiger partial charge in [-0.1, -0.05) is 12.1 Å². The summed E-state index contributed by atoms with van der Waals surface area (Å²) in [6, 6.07) is 9.79. The molecule has 1 amide bonds. The van der Waals surface area contributed by atoms with Gasteiger partial charge in [0.1, 0.15) is 5.82 Å². The predicted octanol–water partition coefficient (Wildman–Crippen LogP) is 3.59. The molecule has 0 bridgehead atoms. The van der Waals surface area contributed by atoms with Crippen LogP contribution in [0.4, 0.5) is 4.39 Å². The van der Waals surface area contributed by atoms with Crippen LogP contribution in [0.2, 0.25) is 0 Å². The topological polar surface area (TPSA) is 61.9 Å². The van der Waals surface area contributed by atoms with Crippen LogP contribution in [0, 0.1) is 5.82 Å². The Kier molecular flexibility index (Phi) is 4.01. The number of aromatic nitrogens is 3. The third-order valence-corrected chi connectivity index (χ3v) is 4.61. The lowest BCUT2D eigenvalue weighted by Crippen LogP contribution is -2.31. The summed E-state index contributed by atoms with van der Waals surface area (Å²) in [7, 11) is 0. The van der Waals surface area contributed by atoms with E-state index in [2.05, 4.69) is 15.2 Å². The molecule has 3 heterocycles. The van der Waals surface area contributed by atoms with Gasteiger partial charge in [-0.25, -0.2) is 4.39 Å². The maximum Gasteiger partial charge on any atom is 0.257 e. The van der Waals surface area contributed by atoms with E-state index in [4.69, 9.17) is 0 Å². The highest BCUT2D eigenvalue weighted by atomic mass is 19.1. The summed E-state index contributed by atoms with van der Waals surface area (Å²) in [4.78, 5) is 18.6. The molecule has 5 nitrogen and oxygen atoms in total. The highest BCUT2D eigenvalue weighted by molar-refractivity contribution is 5.95. The predicted molar refractivity (Wildman–Crippen MR) is 91.2 cm³/mol. The third kappa shape index (κ3) is 2.80. The molecule has 3 aromatic rings. The summed E-state index contributed by atoms with van der Waals surface area (Å²) < 4.78 is 14.0. The van der Waals surface area contributed by atoms with Crippen molar-refractivity contribution in [2.75, 3.05) is 6.54 Å². The Morgan fingerprint density at radius 1 is 1.20 bits per heavy atom. The summed E-state index contributed by atoms with van der Waals surface area (Å²) in [6.45, 7) is 0.604. The zero-order chi connectivity index (χ0) is 17.2. The van der Waals surface area contributed by atoms with E-state index in [9.17, 15) is 9.18 Å². The number of halogens is 1. The molecule has 25 heavy (non-hydrogen) atoms. The first kappa shape index (κ1) is 15.5. The van der Waals surface area contributed by atoms with Crippen LogP contribution >= 0.6 is 0 Å². The van der Waals surface area contributed by atoms with Crippen LogP contribution in [0.3, 0.4) is 0 Å². The van der Waals surface area contributed by atoms with Gasteiger partial charge in [0.25, 0.3) is 5.91 Å². The van der Waals surface area contributed by atoms with E-state index in [0.29, 0.717) is 6.54 Å². The second kappa shape index (κ2) is 6.47. The maximum atomic E-state index is 14.0. The molecule has 0 aliphatic carbocycles. The van der Waals surface area contributed by atoms with Crippen molar-refractivity contribution in [2.24, 2.45) is 0 Å². The van der Waals surface area contributed by atoms with Gasteiger partial charge in [0, 0.05) is 24.5 Å². The molecule has 126 valence electrons. The van der Waals surface area contributed by atoms with Gasteiger partial charge in [-0.05, 0) is 42.7 Å². The van der Waals surface area contributed by atoms with E-state index >= 15 is 0 Å². The summed E-state index contributed by atoms with van der Waals surface area (Å²) in [6.07, 6.45) is 6.90. The molecular formula is C19H17FN4O. The summed E-state index contributed by atoms with van der Waals surface area (Å²) in [5.41, 5.74) is 2.93. The third-order valence-electron chi connectivity index (χ3n) is 4.61. The molecule has 1 saturated heterocycles. The van der Waals surface area contributed by atoms with Crippen molar-refractivity contribution < 1.29 is 9.18 Å². The number of rotatable bonds is 3. The first-order valence-electron chi connectivity index (χ1n) is 8.25. The molecule has 1 atom stereocenters. The number of nitrogens with zero attached hydrogens (tertiary/aromatic N) is 3. The van der Waals surface area contributed by atoms with Crippen LogP contribution < -0.4 is 0 Å². The number of pyridine rings is 1. The van der Waals surface area contributed by atoms with E-state index < -0.39 is 5.82 Å². The van der Waals surface area contributed by atoms with Gasteiger partial charge in [-0.3, -0.25) is 14.9 Å². The SMILES string of the molecule is O=C(c1ccccc1F)N1CCC[C@H]1c1[nH]ncc1-c1ccncc1. The molecule has 0 unspecified atom stereocenters. The zero-order valence-corrected chi connectivity index (χ0v) is 13.5. The van der Waals surface area contributed by atoms with Crippen LogP contribution in [0.1, 0.15) is 34.9 Å². The standard InChI is InChI=1S/C19H17FN4O/c20-16-5-2-1-4-14(16)19(25)24-11-3-6-17(24)18-15(12-22-23-18)13-7-9-21-10-8-13/h1-2,4-5,7-10,12,17H,3,6,11H2,(H,22,23)/t17-/m0/s1. The number of carbonyl (C=O) groups excluding carboxylic acids is 1. The van der Waals surface area contributed by atoms with E-state index in [1.165, 1.54) is 12.1 Å². The first-order valence-corrected chi connectivity index (χ1v) is 8.25. The summed E-state index contributed by atoms with van der Waals surface area (Å²) >= 11 is 0. The van der Waals surface area contributed by atoms with Crippen LogP contribution in [-0.2, 0) is 0 Å². The number of hydrogen-bond acceptors (Lipinski definition) is 3. The van der Waals surface area contributed by atoms with Crippen LogP contribution in [0.25, 0.3) is 11.1 Å². The number of likely N-dealkylation sites (tertiary alicyclic amines) is 1. The van der Waals surface area contributed by atoms with E-state index in [1.54, 1.807) is 35.6 Å². The van der Waals surface area contributed by atoms with Gasteiger partial charge >= 0.3 is 0 Å². The number of nitrogens with one attached hydrogen (secondary N) is 1. The second-order valence-corrected chi connectivity index (χ2v) is 6.07. The van der Waals surface area contributed by atoms with E-state index in [-0.39, 0.29) is 17.5 Å². The fourth-order valence-electron chi connectivity index (χ4n) is 3.41. The van der Waals surface area contributed by atoms with E-state index in [0.717, 1.165) is 29.7 Å². The molecule has 4 rings (SSSR count). The average molecular weight is 336 g/mol. The van der Waals surface area contributed by atoms with Crippen molar-refractivity contribution in [3.8, 4) is 11.1 Å². The highest BCUT2D eigenvalue weighted by Crippen LogP contribution is 2.37. The molecule has 1 N–H and O–H groups in total. The Balaban J connectivity index is 1.69. The Bertz CT molecular complexity index is 893. The van der Waals surface area contributed by atoms with Crippen molar-refractivity contribution >= 4 is 5.91 Å². The summed E-state index contributed by atoms with van der Waals surface area (Å²) in [5, 5.41) is 7.21. The Morgan fingerprint density at radius 2 is 2.00 bits per heavy atom. The van der Waals surface area contributed by atoms with Gasteiger partial charge < -0.3 is 4.90 Å². The molecule has 1 aromatic carbocycles. The normalized spacial score (nSPS) is 17.0. The summed E-state index contributed by atoms with van der Waals surface area (Å²) in [5.74, 6) is -0.770. The minimum absolute atomic E-state index is 0.111. The average Bonchev–Trinajstić information content (AvgIpc) is 3.31. The molecule has 0 radical (unpaired) electrons. The number of carbonyl (C=O) groups is 1. The van der Waals surface area contributed by atoms with Crippen LogP contribution in [-0.4, -0.2) is 32.5 Å². The second-order valence-electron chi connectivity index (χ2n) is 6.07. The highest BCUT2D eigenvalue weighted by Gasteiger charge is 2.34. The lowest BCUT2D eigenvalue weighted by atomic mass is 10.0. The number of H-pyrrole nitrogens is 1. The largest absolute Gasteiger partial charge is 0.330 e. The smallest absolute Gasteiger partial charge is 0.257 e. The first-order chi connectivity index (χ1) is 12.3. The molecule has 2 aromatic heterocycles. The molecule has 0 saturated carbocycles. The van der Waals surface area contributed by atoms with Crippen molar-refractivity contribution in [2.45, 2.75) is 18.9 Å². The molecule has 1 fully saturated rings. The minimum atomic E-state index is -0.489. The van der Waals surface area contributed by atoms with Gasteiger partial charge in [0.05, 0.1) is 23.5 Å². The Labute approximate surface area is 144 Å². The lowest BCUT2D eigenvalue weighted by molar-refractivity contribution is 0.0728. The van der Waals surface area contributed by atoms with Crippen molar-refractivity contribution in [3.05, 3.63) is 72.1 Å². The monoisotopic (exact) mass is 336 g/mol. The maximum absolute atomic E-state index is 14.0. The molecule has 1 aliphatic heterocycles. The van der Waals surface area contributed by atoms with E-state index in [1.807, 2.05) is 12.1 Å². The van der Waals surface area contributed by atoms with Gasteiger partial charge in [0.15, 0.2) is 0 Å². The minimum Gasteiger partial charge on any atom is -0.330 e. The Morgan fingerprint density at radius 3 is 2.80 bits per heavy atom. The molecular weight excluding hydrogens is 319 g/mol. The molecule has 1 aliphatic rings. The number of amides is 1. The van der Waals surface area contributed by atoms with Gasteiger partial charge in [-0.15, -0.1) is 0 Å². The van der Waals surface area contributed by atoms with Crippen LogP contribution in [0.15, 0.2) is 55.0 Å². The quantitative estimate of drug-likeness (QED) is 0.795. The number of hydrogen-bond donors (Lipinski definition) is 1. The van der Waals surface area contributed by atoms with Gasteiger partial charge in [0.2, 0.25) is 0 Å². The Hall–Kier alpha value is -3.02. The molecule has 0 spiro atoms. The number of benzene rings is 1. The van der Waals surface area contributed by atoms with Crippen molar-refractivity contribution in [1.29, 1.82) is 0 Å². The number of aromatic amines is 1. The fourth-order valence-corrected chi connectivity index (χ4v) is 3.41. The van der Waals surface area contributed by atoms with Crippen molar-refractivity contribution in [3.63, 3.8) is 0 Å². The lowest BCUT2D eigenvalue weighted by Gasteiger charge is -2.25. The van der Waals surface area contributed by atoms with Crippen LogP contribution in [0.5, 0.6) is 0 Å². The zero-order valence-electron chi connectivity index (χ0n) is 13.5.